The summed E-state index contributed by atoms with van der Waals surface area (Å²) >= 11 is 0. The van der Waals surface area contributed by atoms with Crippen LogP contribution >= 0.6 is 0 Å². The van der Waals surface area contributed by atoms with Gasteiger partial charge in [-0.1, -0.05) is 0 Å². The summed E-state index contributed by atoms with van der Waals surface area (Å²) in [5.41, 5.74) is 1.71. The number of Topliss-reactive ketones (excluding diaryl/α,β-unsaturated/α-hetero) is 1. The molecule has 134 valence electrons. The highest BCUT2D eigenvalue weighted by Crippen LogP contribution is 2.22. The van der Waals surface area contributed by atoms with E-state index in [9.17, 15) is 18.8 Å². The molecule has 2 aromatic carbocycles. The van der Waals surface area contributed by atoms with E-state index in [0.717, 1.165) is 0 Å². The van der Waals surface area contributed by atoms with Crippen LogP contribution in [0.25, 0.3) is 0 Å². The molecule has 1 fully saturated rings. The number of hydrogen-bond acceptors (Lipinski definition) is 3. The Labute approximate surface area is 150 Å². The van der Waals surface area contributed by atoms with Crippen LogP contribution in [0, 0.1) is 5.82 Å². The molecule has 1 unspecified atom stereocenters. The van der Waals surface area contributed by atoms with E-state index in [2.05, 4.69) is 10.6 Å². The van der Waals surface area contributed by atoms with Gasteiger partial charge >= 0.3 is 6.03 Å². The Hall–Kier alpha value is -3.22. The number of urea groups is 1. The summed E-state index contributed by atoms with van der Waals surface area (Å²) in [5.74, 6) is -0.552. The van der Waals surface area contributed by atoms with Crippen LogP contribution in [0.2, 0.25) is 0 Å². The van der Waals surface area contributed by atoms with Crippen molar-refractivity contribution in [1.82, 2.24) is 5.32 Å². The third-order valence-corrected chi connectivity index (χ3v) is 4.15. The molecule has 1 aliphatic heterocycles. The smallest absolute Gasteiger partial charge is 0.319 e. The van der Waals surface area contributed by atoms with E-state index in [1.165, 1.54) is 36.1 Å². The van der Waals surface area contributed by atoms with Crippen molar-refractivity contribution in [1.29, 1.82) is 0 Å². The molecule has 6 nitrogen and oxygen atoms in total. The number of hydrogen-bond donors (Lipinski definition) is 2. The second kappa shape index (κ2) is 7.35. The van der Waals surface area contributed by atoms with Crippen LogP contribution in [-0.2, 0) is 4.79 Å². The summed E-state index contributed by atoms with van der Waals surface area (Å²) in [6, 6.07) is 11.4. The molecular formula is C19H18FN3O3. The summed E-state index contributed by atoms with van der Waals surface area (Å²) < 4.78 is 13.0. The molecule has 0 saturated carbocycles. The van der Waals surface area contributed by atoms with Gasteiger partial charge in [0.2, 0.25) is 5.91 Å². The molecule has 0 spiro atoms. The average Bonchev–Trinajstić information content (AvgIpc) is 2.96. The van der Waals surface area contributed by atoms with Crippen molar-refractivity contribution >= 4 is 29.1 Å². The Morgan fingerprint density at radius 2 is 1.73 bits per heavy atom. The Kier molecular flexibility index (Phi) is 4.97. The van der Waals surface area contributed by atoms with E-state index >= 15 is 0 Å². The van der Waals surface area contributed by atoms with Crippen molar-refractivity contribution in [3.8, 4) is 0 Å². The lowest BCUT2D eigenvalue weighted by Gasteiger charge is -2.17. The SMILES string of the molecule is CC(=O)c1ccc(NC(=O)NC2CC(=O)N(c3ccc(F)cc3)C2)cc1. The Morgan fingerprint density at radius 1 is 1.08 bits per heavy atom. The summed E-state index contributed by atoms with van der Waals surface area (Å²) in [6.07, 6.45) is 0.175. The maximum absolute atomic E-state index is 13.0. The first-order chi connectivity index (χ1) is 12.4. The number of nitrogens with zero attached hydrogens (tertiary/aromatic N) is 1. The van der Waals surface area contributed by atoms with Crippen LogP contribution in [0.1, 0.15) is 23.7 Å². The van der Waals surface area contributed by atoms with Gasteiger partial charge in [0, 0.05) is 29.9 Å². The molecule has 2 N–H and O–H groups in total. The van der Waals surface area contributed by atoms with Crippen molar-refractivity contribution < 1.29 is 18.8 Å². The monoisotopic (exact) mass is 355 g/mol. The van der Waals surface area contributed by atoms with Gasteiger partial charge in [-0.2, -0.15) is 0 Å². The number of nitrogens with one attached hydrogen (secondary N) is 2. The van der Waals surface area contributed by atoms with Gasteiger partial charge in [-0.3, -0.25) is 9.59 Å². The number of amides is 3. The van der Waals surface area contributed by atoms with E-state index < -0.39 is 6.03 Å². The normalized spacial score (nSPS) is 16.5. The predicted molar refractivity (Wildman–Crippen MR) is 95.8 cm³/mol. The van der Waals surface area contributed by atoms with Gasteiger partial charge in [-0.15, -0.1) is 0 Å². The van der Waals surface area contributed by atoms with Gasteiger partial charge in [-0.25, -0.2) is 9.18 Å². The van der Waals surface area contributed by atoms with Crippen molar-refractivity contribution in [3.05, 3.63) is 59.9 Å². The first-order valence-corrected chi connectivity index (χ1v) is 8.17. The summed E-state index contributed by atoms with van der Waals surface area (Å²) in [7, 11) is 0. The highest BCUT2D eigenvalue weighted by atomic mass is 19.1. The number of halogens is 1. The number of rotatable bonds is 4. The number of anilines is 2. The lowest BCUT2D eigenvalue weighted by Crippen LogP contribution is -2.39. The van der Waals surface area contributed by atoms with Crippen LogP contribution in [0.15, 0.2) is 48.5 Å². The zero-order chi connectivity index (χ0) is 18.7. The zero-order valence-corrected chi connectivity index (χ0v) is 14.2. The molecule has 0 bridgehead atoms. The number of carbonyl (C=O) groups excluding carboxylic acids is 3. The van der Waals surface area contributed by atoms with E-state index in [-0.39, 0.29) is 30.0 Å². The minimum atomic E-state index is -0.431. The van der Waals surface area contributed by atoms with Crippen molar-refractivity contribution in [2.24, 2.45) is 0 Å². The molecular weight excluding hydrogens is 337 g/mol. The second-order valence-corrected chi connectivity index (χ2v) is 6.11. The van der Waals surface area contributed by atoms with Crippen LogP contribution in [0.3, 0.4) is 0 Å². The van der Waals surface area contributed by atoms with E-state index in [1.807, 2.05) is 0 Å². The van der Waals surface area contributed by atoms with Gasteiger partial charge in [0.05, 0.1) is 6.04 Å². The molecule has 26 heavy (non-hydrogen) atoms. The van der Waals surface area contributed by atoms with E-state index in [4.69, 9.17) is 0 Å². The number of carbonyl (C=O) groups is 3. The maximum atomic E-state index is 13.0. The minimum absolute atomic E-state index is 0.0497. The van der Waals surface area contributed by atoms with Crippen LogP contribution in [0.5, 0.6) is 0 Å². The molecule has 0 aromatic heterocycles. The standard InChI is InChI=1S/C19H18FN3O3/c1-12(24)13-2-6-15(7-3-13)21-19(26)22-16-10-18(25)23(11-16)17-8-4-14(20)5-9-17/h2-9,16H,10-11H2,1H3,(H2,21,22,26). The minimum Gasteiger partial charge on any atom is -0.333 e. The molecule has 1 saturated heterocycles. The van der Waals surface area contributed by atoms with Crippen molar-refractivity contribution in [2.75, 3.05) is 16.8 Å². The van der Waals surface area contributed by atoms with Gasteiger partial charge in [0.1, 0.15) is 5.82 Å². The molecule has 2 aromatic rings. The summed E-state index contributed by atoms with van der Waals surface area (Å²) in [6.45, 7) is 1.79. The molecule has 1 aliphatic rings. The fourth-order valence-corrected chi connectivity index (χ4v) is 2.82. The van der Waals surface area contributed by atoms with Crippen LogP contribution in [-0.4, -0.2) is 30.3 Å². The number of ketones is 1. The quantitative estimate of drug-likeness (QED) is 0.828. The van der Waals surface area contributed by atoms with Gasteiger partial charge in [0.25, 0.3) is 0 Å². The Bertz CT molecular complexity index is 834. The van der Waals surface area contributed by atoms with Crippen LogP contribution < -0.4 is 15.5 Å². The van der Waals surface area contributed by atoms with Gasteiger partial charge < -0.3 is 15.5 Å². The first-order valence-electron chi connectivity index (χ1n) is 8.17. The molecule has 3 amide bonds. The first kappa shape index (κ1) is 17.6. The highest BCUT2D eigenvalue weighted by molar-refractivity contribution is 5.98. The van der Waals surface area contributed by atoms with E-state index in [0.29, 0.717) is 23.5 Å². The van der Waals surface area contributed by atoms with Crippen LogP contribution in [0.4, 0.5) is 20.6 Å². The lowest BCUT2D eigenvalue weighted by atomic mass is 10.1. The maximum Gasteiger partial charge on any atom is 0.319 e. The highest BCUT2D eigenvalue weighted by Gasteiger charge is 2.31. The fourth-order valence-electron chi connectivity index (χ4n) is 2.82. The summed E-state index contributed by atoms with van der Waals surface area (Å²) in [4.78, 5) is 37.0. The Balaban J connectivity index is 1.57. The van der Waals surface area contributed by atoms with Gasteiger partial charge in [0.15, 0.2) is 5.78 Å². The van der Waals surface area contributed by atoms with E-state index in [1.54, 1.807) is 24.3 Å². The van der Waals surface area contributed by atoms with Crippen molar-refractivity contribution in [3.63, 3.8) is 0 Å². The van der Waals surface area contributed by atoms with Crippen molar-refractivity contribution in [2.45, 2.75) is 19.4 Å². The molecule has 7 heteroatoms. The second-order valence-electron chi connectivity index (χ2n) is 6.11. The molecule has 1 atom stereocenters. The molecule has 0 aliphatic carbocycles. The topological polar surface area (TPSA) is 78.5 Å². The largest absolute Gasteiger partial charge is 0.333 e. The zero-order valence-electron chi connectivity index (χ0n) is 14.2. The summed E-state index contributed by atoms with van der Waals surface area (Å²) in [5, 5.41) is 5.42. The lowest BCUT2D eigenvalue weighted by molar-refractivity contribution is -0.117. The third-order valence-electron chi connectivity index (χ3n) is 4.15. The Morgan fingerprint density at radius 3 is 2.35 bits per heavy atom. The number of benzene rings is 2. The third kappa shape index (κ3) is 4.05. The molecule has 3 rings (SSSR count). The fraction of sp³-hybridized carbons (Fsp3) is 0.211. The molecule has 0 radical (unpaired) electrons. The molecule has 1 heterocycles. The van der Waals surface area contributed by atoms with Gasteiger partial charge in [-0.05, 0) is 55.5 Å². The predicted octanol–water partition coefficient (Wildman–Crippen LogP) is 2.96. The average molecular weight is 355 g/mol.